The number of carbonyl (C=O) groups is 1. The zero-order valence-electron chi connectivity index (χ0n) is 16.9. The Hall–Kier alpha value is -3.61. The third kappa shape index (κ3) is 4.82. The normalized spacial score (nSPS) is 10.5. The minimum atomic E-state index is -0.361. The number of nitrogens with one attached hydrogen (secondary N) is 1. The van der Waals surface area contributed by atoms with Crippen molar-refractivity contribution >= 4 is 11.6 Å². The maximum atomic E-state index is 12.3. The second kappa shape index (κ2) is 8.60. The first-order chi connectivity index (χ1) is 13.9. The molecular weight excluding hydrogens is 370 g/mol. The third-order valence-corrected chi connectivity index (χ3v) is 4.49. The van der Waals surface area contributed by atoms with Crippen molar-refractivity contribution in [3.63, 3.8) is 0 Å². The first-order valence-corrected chi connectivity index (χ1v) is 9.12. The Morgan fingerprint density at radius 2 is 1.83 bits per heavy atom. The van der Waals surface area contributed by atoms with Gasteiger partial charge in [0.2, 0.25) is 5.88 Å². The molecule has 7 heteroatoms. The molecule has 1 amide bonds. The van der Waals surface area contributed by atoms with Gasteiger partial charge in [0.1, 0.15) is 5.75 Å². The molecule has 1 aromatic heterocycles. The molecule has 3 rings (SSSR count). The number of hydrogen-bond donors (Lipinski definition) is 1. The van der Waals surface area contributed by atoms with Crippen molar-refractivity contribution in [3.8, 4) is 17.3 Å². The lowest BCUT2D eigenvalue weighted by Crippen LogP contribution is -2.24. The van der Waals surface area contributed by atoms with Gasteiger partial charge in [-0.25, -0.2) is 0 Å². The van der Waals surface area contributed by atoms with E-state index in [4.69, 9.17) is 9.47 Å². The quantitative estimate of drug-likeness (QED) is 0.696. The smallest absolute Gasteiger partial charge is 0.271 e. The average molecular weight is 393 g/mol. The van der Waals surface area contributed by atoms with E-state index in [2.05, 4.69) is 10.4 Å². The number of nitrogens with zero attached hydrogens (tertiary/aromatic N) is 2. The van der Waals surface area contributed by atoms with Crippen molar-refractivity contribution in [1.29, 1.82) is 0 Å². The summed E-state index contributed by atoms with van der Waals surface area (Å²) in [5.74, 6) is 0.374. The number of aryl methyl sites for hydroxylation is 3. The number of ether oxygens (including phenoxy) is 2. The summed E-state index contributed by atoms with van der Waals surface area (Å²) in [6, 6.07) is 13.9. The summed E-state index contributed by atoms with van der Waals surface area (Å²) in [5.41, 5.74) is 4.08. The van der Waals surface area contributed by atoms with Crippen LogP contribution in [0.25, 0.3) is 5.69 Å². The number of benzene rings is 2. The van der Waals surface area contributed by atoms with Gasteiger partial charge in [-0.05, 0) is 61.7 Å². The highest BCUT2D eigenvalue weighted by molar-refractivity contribution is 5.93. The first kappa shape index (κ1) is 20.1. The number of amides is 1. The van der Waals surface area contributed by atoms with Gasteiger partial charge in [-0.2, -0.15) is 4.68 Å². The van der Waals surface area contributed by atoms with Crippen molar-refractivity contribution in [2.24, 2.45) is 0 Å². The Bertz CT molecular complexity index is 1110. The van der Waals surface area contributed by atoms with Crippen molar-refractivity contribution in [2.75, 3.05) is 19.0 Å². The lowest BCUT2D eigenvalue weighted by molar-refractivity contribution is -0.118. The fraction of sp³-hybridized carbons (Fsp3) is 0.227. The molecule has 29 heavy (non-hydrogen) atoms. The van der Waals surface area contributed by atoms with E-state index in [1.54, 1.807) is 6.07 Å². The number of anilines is 1. The van der Waals surface area contributed by atoms with E-state index in [-0.39, 0.29) is 24.0 Å². The molecule has 0 spiro atoms. The molecule has 7 nitrogen and oxygen atoms in total. The molecule has 0 aliphatic rings. The van der Waals surface area contributed by atoms with E-state index >= 15 is 0 Å². The second-order valence-electron chi connectivity index (χ2n) is 6.73. The van der Waals surface area contributed by atoms with Gasteiger partial charge in [0.15, 0.2) is 6.61 Å². The van der Waals surface area contributed by atoms with Crippen molar-refractivity contribution < 1.29 is 14.3 Å². The predicted molar refractivity (Wildman–Crippen MR) is 111 cm³/mol. The van der Waals surface area contributed by atoms with Crippen LogP contribution in [0.2, 0.25) is 0 Å². The zero-order valence-corrected chi connectivity index (χ0v) is 16.9. The third-order valence-electron chi connectivity index (χ3n) is 4.49. The summed E-state index contributed by atoms with van der Waals surface area (Å²) in [6.45, 7) is 5.63. The van der Waals surface area contributed by atoms with E-state index < -0.39 is 0 Å². The molecular formula is C22H23N3O4. The van der Waals surface area contributed by atoms with E-state index in [1.807, 2.05) is 51.1 Å². The molecule has 0 fully saturated rings. The molecule has 150 valence electrons. The van der Waals surface area contributed by atoms with E-state index in [0.29, 0.717) is 17.1 Å². The number of rotatable bonds is 6. The number of carbonyl (C=O) groups excluding carboxylic acids is 1. The van der Waals surface area contributed by atoms with Crippen LogP contribution >= 0.6 is 0 Å². The van der Waals surface area contributed by atoms with E-state index in [0.717, 1.165) is 16.7 Å². The van der Waals surface area contributed by atoms with Gasteiger partial charge in [0, 0.05) is 12.1 Å². The standard InChI is InChI=1S/C22H23N3O4/c1-14-5-8-19(28-4)18(11-14)23-20(26)13-29-21-9-10-22(27)25(24-21)17-7-6-15(2)16(3)12-17/h5-12H,13H2,1-4H3,(H,23,26). The average Bonchev–Trinajstić information content (AvgIpc) is 2.70. The zero-order chi connectivity index (χ0) is 21.0. The lowest BCUT2D eigenvalue weighted by Gasteiger charge is -2.12. The molecule has 0 atom stereocenters. The van der Waals surface area contributed by atoms with Gasteiger partial charge in [-0.3, -0.25) is 9.59 Å². The van der Waals surface area contributed by atoms with Crippen molar-refractivity contribution in [3.05, 3.63) is 75.6 Å². The Morgan fingerprint density at radius 1 is 1.03 bits per heavy atom. The molecule has 0 radical (unpaired) electrons. The van der Waals surface area contributed by atoms with Gasteiger partial charge in [0.25, 0.3) is 11.5 Å². The number of aromatic nitrogens is 2. The Labute approximate surface area is 168 Å². The molecule has 0 saturated heterocycles. The predicted octanol–water partition coefficient (Wildman–Crippen LogP) is 3.18. The highest BCUT2D eigenvalue weighted by Crippen LogP contribution is 2.25. The van der Waals surface area contributed by atoms with Crippen LogP contribution in [0.4, 0.5) is 5.69 Å². The molecule has 0 saturated carbocycles. The van der Waals surface area contributed by atoms with Crippen molar-refractivity contribution in [2.45, 2.75) is 20.8 Å². The van der Waals surface area contributed by atoms with Crippen LogP contribution in [0.1, 0.15) is 16.7 Å². The second-order valence-corrected chi connectivity index (χ2v) is 6.73. The molecule has 2 aromatic carbocycles. The highest BCUT2D eigenvalue weighted by atomic mass is 16.5. The van der Waals surface area contributed by atoms with Crippen LogP contribution in [0, 0.1) is 20.8 Å². The van der Waals surface area contributed by atoms with Crippen LogP contribution in [-0.2, 0) is 4.79 Å². The highest BCUT2D eigenvalue weighted by Gasteiger charge is 2.10. The van der Waals surface area contributed by atoms with Crippen LogP contribution in [0.3, 0.4) is 0 Å². The van der Waals surface area contributed by atoms with Crippen LogP contribution < -0.4 is 20.3 Å². The maximum Gasteiger partial charge on any atom is 0.271 e. The summed E-state index contributed by atoms with van der Waals surface area (Å²) in [5, 5.41) is 6.98. The molecule has 0 bridgehead atoms. The van der Waals surface area contributed by atoms with Crippen LogP contribution in [-0.4, -0.2) is 29.4 Å². The van der Waals surface area contributed by atoms with E-state index in [9.17, 15) is 9.59 Å². The minimum absolute atomic E-state index is 0.175. The number of hydrogen-bond acceptors (Lipinski definition) is 5. The Morgan fingerprint density at radius 3 is 2.55 bits per heavy atom. The summed E-state index contributed by atoms with van der Waals surface area (Å²) in [7, 11) is 1.54. The van der Waals surface area contributed by atoms with Gasteiger partial charge in [-0.15, -0.1) is 5.10 Å². The molecule has 1 heterocycles. The largest absolute Gasteiger partial charge is 0.495 e. The fourth-order valence-corrected chi connectivity index (χ4v) is 2.76. The van der Waals surface area contributed by atoms with Gasteiger partial charge >= 0.3 is 0 Å². The summed E-state index contributed by atoms with van der Waals surface area (Å²) >= 11 is 0. The maximum absolute atomic E-state index is 12.3. The SMILES string of the molecule is COc1ccc(C)cc1NC(=O)COc1ccc(=O)n(-c2ccc(C)c(C)c2)n1. The monoisotopic (exact) mass is 393 g/mol. The molecule has 3 aromatic rings. The van der Waals surface area contributed by atoms with Gasteiger partial charge < -0.3 is 14.8 Å². The Kier molecular flexibility index (Phi) is 5.97. The molecule has 0 aliphatic heterocycles. The fourth-order valence-electron chi connectivity index (χ4n) is 2.76. The first-order valence-electron chi connectivity index (χ1n) is 9.12. The van der Waals surface area contributed by atoms with Gasteiger partial charge in [0.05, 0.1) is 18.5 Å². The summed E-state index contributed by atoms with van der Waals surface area (Å²) in [4.78, 5) is 24.5. The topological polar surface area (TPSA) is 82.5 Å². The van der Waals surface area contributed by atoms with Crippen molar-refractivity contribution in [1.82, 2.24) is 9.78 Å². The molecule has 0 unspecified atom stereocenters. The minimum Gasteiger partial charge on any atom is -0.495 e. The Balaban J connectivity index is 1.73. The number of methoxy groups -OCH3 is 1. The van der Waals surface area contributed by atoms with Crippen LogP contribution in [0.15, 0.2) is 53.3 Å². The lowest BCUT2D eigenvalue weighted by atomic mass is 10.1. The molecule has 0 aliphatic carbocycles. The molecule has 1 N–H and O–H groups in total. The van der Waals surface area contributed by atoms with Crippen LogP contribution in [0.5, 0.6) is 11.6 Å². The summed E-state index contributed by atoms with van der Waals surface area (Å²) in [6.07, 6.45) is 0. The van der Waals surface area contributed by atoms with Gasteiger partial charge in [-0.1, -0.05) is 12.1 Å². The summed E-state index contributed by atoms with van der Waals surface area (Å²) < 4.78 is 12.0. The van der Waals surface area contributed by atoms with E-state index in [1.165, 1.54) is 23.9 Å².